The fourth-order valence-corrected chi connectivity index (χ4v) is 3.38. The molecule has 0 aliphatic carbocycles. The van der Waals surface area contributed by atoms with E-state index >= 15 is 0 Å². The largest absolute Gasteiger partial charge is 0.508 e. The number of benzene rings is 1. The molecule has 19 heavy (non-hydrogen) atoms. The molecule has 2 N–H and O–H groups in total. The average molecular weight is 264 g/mol. The van der Waals surface area contributed by atoms with Crippen molar-refractivity contribution >= 4 is 0 Å². The van der Waals surface area contributed by atoms with Crippen molar-refractivity contribution in [3.8, 4) is 5.75 Å². The molecule has 0 amide bonds. The van der Waals surface area contributed by atoms with Gasteiger partial charge in [0.1, 0.15) is 11.6 Å². The SMILES string of the molecule is CC(c1cc(F)ccc1O)N1CCC2CCC(C1)N2. The molecular formula is C15H21FN2O. The topological polar surface area (TPSA) is 35.5 Å². The Morgan fingerprint density at radius 2 is 2.11 bits per heavy atom. The maximum absolute atomic E-state index is 13.4. The minimum absolute atomic E-state index is 0.0526. The van der Waals surface area contributed by atoms with Gasteiger partial charge in [0.2, 0.25) is 0 Å². The van der Waals surface area contributed by atoms with Gasteiger partial charge in [-0.1, -0.05) is 0 Å². The van der Waals surface area contributed by atoms with Crippen molar-refractivity contribution in [2.24, 2.45) is 0 Å². The number of aromatic hydroxyl groups is 1. The van der Waals surface area contributed by atoms with Crippen LogP contribution >= 0.6 is 0 Å². The normalized spacial score (nSPS) is 29.2. The summed E-state index contributed by atoms with van der Waals surface area (Å²) in [6.45, 7) is 4.03. The minimum Gasteiger partial charge on any atom is -0.508 e. The molecule has 104 valence electrons. The second kappa shape index (κ2) is 5.10. The van der Waals surface area contributed by atoms with Gasteiger partial charge in [-0.25, -0.2) is 4.39 Å². The van der Waals surface area contributed by atoms with Crippen LogP contribution in [0.2, 0.25) is 0 Å². The van der Waals surface area contributed by atoms with E-state index in [1.54, 1.807) is 0 Å². The van der Waals surface area contributed by atoms with E-state index in [9.17, 15) is 9.50 Å². The van der Waals surface area contributed by atoms with Crippen molar-refractivity contribution < 1.29 is 9.50 Å². The Morgan fingerprint density at radius 3 is 2.95 bits per heavy atom. The van der Waals surface area contributed by atoms with E-state index in [0.29, 0.717) is 17.6 Å². The van der Waals surface area contributed by atoms with E-state index < -0.39 is 0 Å². The number of nitrogens with one attached hydrogen (secondary N) is 1. The number of nitrogens with zero attached hydrogens (tertiary/aromatic N) is 1. The van der Waals surface area contributed by atoms with E-state index in [4.69, 9.17) is 0 Å². The molecule has 2 bridgehead atoms. The number of phenolic OH excluding ortho intramolecular Hbond substituents is 1. The van der Waals surface area contributed by atoms with E-state index in [-0.39, 0.29) is 17.6 Å². The minimum atomic E-state index is -0.283. The quantitative estimate of drug-likeness (QED) is 0.861. The number of likely N-dealkylation sites (tertiary alicyclic amines) is 1. The summed E-state index contributed by atoms with van der Waals surface area (Å²) in [5.41, 5.74) is 0.692. The summed E-state index contributed by atoms with van der Waals surface area (Å²) in [7, 11) is 0. The summed E-state index contributed by atoms with van der Waals surface area (Å²) in [5.74, 6) is -0.0922. The smallest absolute Gasteiger partial charge is 0.123 e. The third kappa shape index (κ3) is 2.60. The Labute approximate surface area is 113 Å². The third-order valence-corrected chi connectivity index (χ3v) is 4.54. The van der Waals surface area contributed by atoms with Crippen LogP contribution in [0.15, 0.2) is 18.2 Å². The second-order valence-electron chi connectivity index (χ2n) is 5.80. The molecule has 1 aromatic rings. The van der Waals surface area contributed by atoms with Crippen LogP contribution in [0.4, 0.5) is 4.39 Å². The molecular weight excluding hydrogens is 243 g/mol. The van der Waals surface area contributed by atoms with Gasteiger partial charge in [-0.15, -0.1) is 0 Å². The molecule has 4 heteroatoms. The van der Waals surface area contributed by atoms with E-state index in [1.807, 2.05) is 6.92 Å². The predicted molar refractivity (Wildman–Crippen MR) is 72.6 cm³/mol. The fourth-order valence-electron chi connectivity index (χ4n) is 3.38. The molecule has 2 fully saturated rings. The molecule has 0 saturated carbocycles. The van der Waals surface area contributed by atoms with Crippen molar-refractivity contribution in [2.45, 2.75) is 44.3 Å². The Bertz CT molecular complexity index is 465. The van der Waals surface area contributed by atoms with Crippen LogP contribution in [0.1, 0.15) is 37.8 Å². The first-order valence-electron chi connectivity index (χ1n) is 7.12. The maximum Gasteiger partial charge on any atom is 0.123 e. The van der Waals surface area contributed by atoms with Crippen molar-refractivity contribution in [3.63, 3.8) is 0 Å². The van der Waals surface area contributed by atoms with Crippen LogP contribution in [0.25, 0.3) is 0 Å². The average Bonchev–Trinajstić information content (AvgIpc) is 2.71. The van der Waals surface area contributed by atoms with Crippen molar-refractivity contribution in [2.75, 3.05) is 13.1 Å². The Kier molecular flexibility index (Phi) is 3.46. The lowest BCUT2D eigenvalue weighted by molar-refractivity contribution is 0.196. The Hall–Kier alpha value is -1.13. The highest BCUT2D eigenvalue weighted by Crippen LogP contribution is 2.32. The lowest BCUT2D eigenvalue weighted by atomic mass is 10.0. The number of phenols is 1. The molecule has 0 spiro atoms. The lowest BCUT2D eigenvalue weighted by Gasteiger charge is -2.31. The van der Waals surface area contributed by atoms with E-state index in [1.165, 1.54) is 31.0 Å². The highest BCUT2D eigenvalue weighted by Gasteiger charge is 2.31. The summed E-state index contributed by atoms with van der Waals surface area (Å²) in [4.78, 5) is 2.35. The maximum atomic E-state index is 13.4. The van der Waals surface area contributed by atoms with Crippen LogP contribution < -0.4 is 5.32 Å². The summed E-state index contributed by atoms with van der Waals surface area (Å²) in [6, 6.07) is 5.45. The molecule has 2 heterocycles. The predicted octanol–water partition coefficient (Wildman–Crippen LogP) is 2.42. The summed E-state index contributed by atoms with van der Waals surface area (Å²) in [5, 5.41) is 13.6. The van der Waals surface area contributed by atoms with Crippen LogP contribution in [-0.4, -0.2) is 35.2 Å². The van der Waals surface area contributed by atoms with Crippen LogP contribution in [0.5, 0.6) is 5.75 Å². The molecule has 2 saturated heterocycles. The van der Waals surface area contributed by atoms with Crippen molar-refractivity contribution in [3.05, 3.63) is 29.6 Å². The second-order valence-corrected chi connectivity index (χ2v) is 5.80. The number of rotatable bonds is 2. The third-order valence-electron chi connectivity index (χ3n) is 4.54. The zero-order valence-electron chi connectivity index (χ0n) is 11.3. The molecule has 2 aliphatic heterocycles. The van der Waals surface area contributed by atoms with Crippen LogP contribution in [0, 0.1) is 5.82 Å². The van der Waals surface area contributed by atoms with Gasteiger partial charge < -0.3 is 10.4 Å². The van der Waals surface area contributed by atoms with Crippen LogP contribution in [-0.2, 0) is 0 Å². The van der Waals surface area contributed by atoms with Gasteiger partial charge in [-0.3, -0.25) is 4.90 Å². The molecule has 1 aromatic carbocycles. The van der Waals surface area contributed by atoms with Gasteiger partial charge in [-0.05, 0) is 44.4 Å². The first kappa shape index (κ1) is 12.9. The zero-order valence-corrected chi connectivity index (χ0v) is 11.3. The number of hydrogen-bond donors (Lipinski definition) is 2. The zero-order chi connectivity index (χ0) is 13.4. The standard InChI is InChI=1S/C15H21FN2O/c1-10(14-8-11(16)2-5-15(14)19)18-7-6-12-3-4-13(9-18)17-12/h2,5,8,10,12-13,17,19H,3-4,6-7,9H2,1H3. The molecule has 0 radical (unpaired) electrons. The summed E-state index contributed by atoms with van der Waals surface area (Å²) >= 11 is 0. The lowest BCUT2D eigenvalue weighted by Crippen LogP contribution is -2.36. The fraction of sp³-hybridized carbons (Fsp3) is 0.600. The Morgan fingerprint density at radius 1 is 1.32 bits per heavy atom. The first-order valence-corrected chi connectivity index (χ1v) is 7.12. The van der Waals surface area contributed by atoms with E-state index in [0.717, 1.165) is 19.5 Å². The van der Waals surface area contributed by atoms with Crippen molar-refractivity contribution in [1.29, 1.82) is 0 Å². The molecule has 3 unspecified atom stereocenters. The first-order chi connectivity index (χ1) is 9.13. The Balaban J connectivity index is 1.79. The molecule has 3 nitrogen and oxygen atoms in total. The van der Waals surface area contributed by atoms with Crippen molar-refractivity contribution in [1.82, 2.24) is 10.2 Å². The monoisotopic (exact) mass is 264 g/mol. The highest BCUT2D eigenvalue weighted by atomic mass is 19.1. The number of hydrogen-bond acceptors (Lipinski definition) is 3. The van der Waals surface area contributed by atoms with Crippen LogP contribution in [0.3, 0.4) is 0 Å². The van der Waals surface area contributed by atoms with Gasteiger partial charge >= 0.3 is 0 Å². The number of fused-ring (bicyclic) bond motifs is 2. The molecule has 0 aromatic heterocycles. The highest BCUT2D eigenvalue weighted by molar-refractivity contribution is 5.35. The van der Waals surface area contributed by atoms with Gasteiger partial charge in [0.15, 0.2) is 0 Å². The van der Waals surface area contributed by atoms with Gasteiger partial charge in [0, 0.05) is 36.8 Å². The summed E-state index contributed by atoms with van der Waals surface area (Å²) in [6.07, 6.45) is 3.64. The molecule has 3 rings (SSSR count). The molecule has 2 aliphatic rings. The van der Waals surface area contributed by atoms with E-state index in [2.05, 4.69) is 10.2 Å². The van der Waals surface area contributed by atoms with Gasteiger partial charge in [0.05, 0.1) is 0 Å². The summed E-state index contributed by atoms with van der Waals surface area (Å²) < 4.78 is 13.4. The molecule has 3 atom stereocenters. The van der Waals surface area contributed by atoms with Gasteiger partial charge in [-0.2, -0.15) is 0 Å². The van der Waals surface area contributed by atoms with Gasteiger partial charge in [0.25, 0.3) is 0 Å². The number of halogens is 1.